The Labute approximate surface area is 169 Å². The predicted molar refractivity (Wildman–Crippen MR) is 110 cm³/mol. The van der Waals surface area contributed by atoms with Gasteiger partial charge in [0.2, 0.25) is 0 Å². The van der Waals surface area contributed by atoms with E-state index < -0.39 is 6.10 Å². The quantitative estimate of drug-likeness (QED) is 0.488. The highest BCUT2D eigenvalue weighted by Gasteiger charge is 2.12. The second kappa shape index (κ2) is 9.95. The van der Waals surface area contributed by atoms with Gasteiger partial charge in [0.05, 0.1) is 33.0 Å². The van der Waals surface area contributed by atoms with E-state index in [1.807, 2.05) is 49.4 Å². The molecule has 154 valence electrons. The van der Waals surface area contributed by atoms with Crippen LogP contribution in [-0.4, -0.2) is 49.0 Å². The smallest absolute Gasteiger partial charge is 0.267 e. The number of aliphatic hydroxyl groups excluding tert-OH is 1. The van der Waals surface area contributed by atoms with Crippen molar-refractivity contribution in [3.8, 4) is 11.5 Å². The summed E-state index contributed by atoms with van der Waals surface area (Å²) < 4.78 is 16.1. The number of aromatic amines is 1. The molecule has 29 heavy (non-hydrogen) atoms. The number of hydrogen-bond donors (Lipinski definition) is 3. The third-order valence-corrected chi connectivity index (χ3v) is 4.39. The normalized spacial score (nSPS) is 12.0. The number of rotatable bonds is 10. The summed E-state index contributed by atoms with van der Waals surface area (Å²) in [7, 11) is 1.62. The molecule has 0 aliphatic carbocycles. The SMILES string of the molecule is CCOc1ccc2cc(C(=O)NCC(O)COCc3ccc(OC)cc3)[nH]c2c1. The van der Waals surface area contributed by atoms with Crippen molar-refractivity contribution in [2.24, 2.45) is 0 Å². The molecule has 0 aliphatic rings. The van der Waals surface area contributed by atoms with Crippen LogP contribution in [0.5, 0.6) is 11.5 Å². The molecule has 1 heterocycles. The number of carbonyl (C=O) groups excluding carboxylic acids is 1. The predicted octanol–water partition coefficient (Wildman–Crippen LogP) is 2.88. The third-order valence-electron chi connectivity index (χ3n) is 4.39. The van der Waals surface area contributed by atoms with Crippen molar-refractivity contribution in [3.63, 3.8) is 0 Å². The number of aliphatic hydroxyl groups is 1. The molecule has 7 nitrogen and oxygen atoms in total. The number of hydrogen-bond acceptors (Lipinski definition) is 5. The van der Waals surface area contributed by atoms with Crippen LogP contribution in [0.2, 0.25) is 0 Å². The first-order chi connectivity index (χ1) is 14.1. The van der Waals surface area contributed by atoms with Crippen molar-refractivity contribution in [1.29, 1.82) is 0 Å². The Morgan fingerprint density at radius 3 is 2.62 bits per heavy atom. The lowest BCUT2D eigenvalue weighted by Gasteiger charge is -2.12. The van der Waals surface area contributed by atoms with Gasteiger partial charge in [0.1, 0.15) is 17.2 Å². The zero-order valence-electron chi connectivity index (χ0n) is 16.6. The number of fused-ring (bicyclic) bond motifs is 1. The Morgan fingerprint density at radius 1 is 1.14 bits per heavy atom. The zero-order chi connectivity index (χ0) is 20.6. The van der Waals surface area contributed by atoms with Crippen molar-refractivity contribution in [3.05, 3.63) is 59.8 Å². The van der Waals surface area contributed by atoms with Crippen LogP contribution in [-0.2, 0) is 11.3 Å². The van der Waals surface area contributed by atoms with E-state index in [4.69, 9.17) is 14.2 Å². The number of H-pyrrole nitrogens is 1. The molecule has 1 unspecified atom stereocenters. The minimum atomic E-state index is -0.800. The van der Waals surface area contributed by atoms with Crippen LogP contribution in [0.15, 0.2) is 48.5 Å². The van der Waals surface area contributed by atoms with Crippen LogP contribution in [0.4, 0.5) is 0 Å². The molecule has 0 radical (unpaired) electrons. The highest BCUT2D eigenvalue weighted by molar-refractivity contribution is 5.98. The molecule has 0 saturated heterocycles. The van der Waals surface area contributed by atoms with Gasteiger partial charge in [-0.05, 0) is 42.8 Å². The Balaban J connectivity index is 1.45. The van der Waals surface area contributed by atoms with Crippen molar-refractivity contribution in [1.82, 2.24) is 10.3 Å². The molecule has 0 spiro atoms. The molecule has 3 aromatic rings. The van der Waals surface area contributed by atoms with Crippen LogP contribution in [0, 0.1) is 0 Å². The van der Waals surface area contributed by atoms with Gasteiger partial charge in [0.25, 0.3) is 5.91 Å². The summed E-state index contributed by atoms with van der Waals surface area (Å²) in [6.45, 7) is 3.10. The van der Waals surface area contributed by atoms with Gasteiger partial charge in [-0.15, -0.1) is 0 Å². The Morgan fingerprint density at radius 2 is 1.90 bits per heavy atom. The minimum absolute atomic E-state index is 0.0982. The summed E-state index contributed by atoms with van der Waals surface area (Å²) in [5, 5.41) is 13.7. The van der Waals surface area contributed by atoms with Gasteiger partial charge in [-0.3, -0.25) is 4.79 Å². The summed E-state index contributed by atoms with van der Waals surface area (Å²) in [5.41, 5.74) is 2.23. The lowest BCUT2D eigenvalue weighted by Crippen LogP contribution is -2.34. The summed E-state index contributed by atoms with van der Waals surface area (Å²) in [6.07, 6.45) is -0.800. The summed E-state index contributed by atoms with van der Waals surface area (Å²) in [6, 6.07) is 14.9. The van der Waals surface area contributed by atoms with Gasteiger partial charge in [-0.25, -0.2) is 0 Å². The standard InChI is InChI=1S/C22H26N2O5/c1-3-29-19-9-6-16-10-21(24-20(16)11-19)22(26)23-12-17(25)14-28-13-15-4-7-18(27-2)8-5-15/h4-11,17,24-25H,3,12-14H2,1-2H3,(H,23,26). The molecule has 1 atom stereocenters. The average molecular weight is 398 g/mol. The molecule has 0 aliphatic heterocycles. The fourth-order valence-corrected chi connectivity index (χ4v) is 2.88. The Hall–Kier alpha value is -3.03. The molecule has 0 bridgehead atoms. The third kappa shape index (κ3) is 5.73. The number of methoxy groups -OCH3 is 1. The van der Waals surface area contributed by atoms with Crippen molar-refractivity contribution in [2.45, 2.75) is 19.6 Å². The molecule has 0 fully saturated rings. The van der Waals surface area contributed by atoms with E-state index in [1.165, 1.54) is 0 Å². The zero-order valence-corrected chi connectivity index (χ0v) is 16.6. The monoisotopic (exact) mass is 398 g/mol. The molecule has 3 N–H and O–H groups in total. The Bertz CT molecular complexity index is 936. The number of aromatic nitrogens is 1. The first kappa shape index (κ1) is 20.7. The lowest BCUT2D eigenvalue weighted by atomic mass is 10.2. The first-order valence-electron chi connectivity index (χ1n) is 9.51. The molecule has 1 aromatic heterocycles. The second-order valence-electron chi connectivity index (χ2n) is 6.59. The maximum atomic E-state index is 12.3. The second-order valence-corrected chi connectivity index (χ2v) is 6.59. The maximum Gasteiger partial charge on any atom is 0.267 e. The van der Waals surface area contributed by atoms with Gasteiger partial charge < -0.3 is 29.6 Å². The van der Waals surface area contributed by atoms with E-state index >= 15 is 0 Å². The number of nitrogens with one attached hydrogen (secondary N) is 2. The minimum Gasteiger partial charge on any atom is -0.497 e. The van der Waals surface area contributed by atoms with E-state index in [0.717, 1.165) is 28.0 Å². The molecular formula is C22H26N2O5. The Kier molecular flexibility index (Phi) is 7.10. The number of ether oxygens (including phenoxy) is 3. The molecule has 3 rings (SSSR count). The maximum absolute atomic E-state index is 12.3. The molecule has 7 heteroatoms. The molecular weight excluding hydrogens is 372 g/mol. The van der Waals surface area contributed by atoms with E-state index in [-0.39, 0.29) is 19.1 Å². The van der Waals surface area contributed by atoms with Gasteiger partial charge in [-0.2, -0.15) is 0 Å². The van der Waals surface area contributed by atoms with Gasteiger partial charge >= 0.3 is 0 Å². The van der Waals surface area contributed by atoms with Crippen LogP contribution in [0.3, 0.4) is 0 Å². The summed E-state index contributed by atoms with van der Waals surface area (Å²) >= 11 is 0. The fraction of sp³-hybridized carbons (Fsp3) is 0.318. The average Bonchev–Trinajstić information content (AvgIpc) is 3.16. The lowest BCUT2D eigenvalue weighted by molar-refractivity contribution is 0.0285. The molecule has 0 saturated carbocycles. The summed E-state index contributed by atoms with van der Waals surface area (Å²) in [4.78, 5) is 15.4. The summed E-state index contributed by atoms with van der Waals surface area (Å²) in [5.74, 6) is 1.24. The van der Waals surface area contributed by atoms with Gasteiger partial charge in [0.15, 0.2) is 0 Å². The van der Waals surface area contributed by atoms with Gasteiger partial charge in [-0.1, -0.05) is 12.1 Å². The molecule has 2 aromatic carbocycles. The topological polar surface area (TPSA) is 92.8 Å². The van der Waals surface area contributed by atoms with Crippen molar-refractivity contribution in [2.75, 3.05) is 26.9 Å². The van der Waals surface area contributed by atoms with Crippen LogP contribution < -0.4 is 14.8 Å². The van der Waals surface area contributed by atoms with Crippen LogP contribution in [0.25, 0.3) is 10.9 Å². The first-order valence-corrected chi connectivity index (χ1v) is 9.51. The highest BCUT2D eigenvalue weighted by Crippen LogP contribution is 2.21. The fourth-order valence-electron chi connectivity index (χ4n) is 2.88. The highest BCUT2D eigenvalue weighted by atomic mass is 16.5. The van der Waals surface area contributed by atoms with Crippen LogP contribution >= 0.6 is 0 Å². The van der Waals surface area contributed by atoms with E-state index in [9.17, 15) is 9.90 Å². The number of benzene rings is 2. The number of amides is 1. The van der Waals surface area contributed by atoms with Gasteiger partial charge in [0, 0.05) is 23.5 Å². The van der Waals surface area contributed by atoms with Crippen molar-refractivity contribution >= 4 is 16.8 Å². The number of carbonyl (C=O) groups is 1. The van der Waals surface area contributed by atoms with E-state index in [1.54, 1.807) is 13.2 Å². The van der Waals surface area contributed by atoms with E-state index in [2.05, 4.69) is 10.3 Å². The molecule has 1 amide bonds. The van der Waals surface area contributed by atoms with E-state index in [0.29, 0.717) is 18.9 Å². The largest absolute Gasteiger partial charge is 0.497 e. The van der Waals surface area contributed by atoms with Crippen molar-refractivity contribution < 1.29 is 24.1 Å². The van der Waals surface area contributed by atoms with Crippen LogP contribution in [0.1, 0.15) is 23.0 Å².